The van der Waals surface area contributed by atoms with Crippen molar-refractivity contribution in [1.82, 2.24) is 9.55 Å². The summed E-state index contributed by atoms with van der Waals surface area (Å²) in [6.07, 6.45) is -2.60. The monoisotopic (exact) mass is 372 g/mol. The summed E-state index contributed by atoms with van der Waals surface area (Å²) in [4.78, 5) is 38.3. The van der Waals surface area contributed by atoms with Gasteiger partial charge in [0.2, 0.25) is 5.88 Å². The van der Waals surface area contributed by atoms with Gasteiger partial charge in [0, 0.05) is 26.1 Å². The zero-order valence-electron chi connectivity index (χ0n) is 14.9. The largest absolute Gasteiger partial charge is 0.478 e. The zero-order chi connectivity index (χ0) is 19.5. The van der Waals surface area contributed by atoms with Crippen molar-refractivity contribution in [2.75, 3.05) is 13.2 Å². The second-order valence-corrected chi connectivity index (χ2v) is 5.90. The zero-order valence-corrected chi connectivity index (χ0v) is 14.9. The number of hydrogen-bond donors (Lipinski definition) is 0. The fourth-order valence-electron chi connectivity index (χ4n) is 2.71. The number of carbonyl (C=O) groups is 2. The van der Waals surface area contributed by atoms with Gasteiger partial charge in [-0.1, -0.05) is 0 Å². The average Bonchev–Trinajstić information content (AvgIpc) is 2.77. The summed E-state index contributed by atoms with van der Waals surface area (Å²) < 4.78 is 36.9. The van der Waals surface area contributed by atoms with Crippen molar-refractivity contribution in [1.29, 1.82) is 0 Å². The minimum atomic E-state index is -2.27. The van der Waals surface area contributed by atoms with Crippen molar-refractivity contribution in [2.24, 2.45) is 0 Å². The molecule has 1 aliphatic heterocycles. The van der Waals surface area contributed by atoms with Crippen LogP contribution in [0, 0.1) is 0 Å². The van der Waals surface area contributed by atoms with Crippen LogP contribution < -0.4 is 10.4 Å². The highest BCUT2D eigenvalue weighted by atomic mass is 19.1. The molecule has 26 heavy (non-hydrogen) atoms. The Labute approximate surface area is 149 Å². The minimum absolute atomic E-state index is 0.0975. The number of nitrogens with zero attached hydrogens (tertiary/aromatic N) is 2. The highest BCUT2D eigenvalue weighted by molar-refractivity contribution is 5.66. The van der Waals surface area contributed by atoms with Crippen molar-refractivity contribution in [3.63, 3.8) is 0 Å². The second-order valence-electron chi connectivity index (χ2n) is 5.90. The van der Waals surface area contributed by atoms with Gasteiger partial charge >= 0.3 is 17.6 Å². The van der Waals surface area contributed by atoms with Gasteiger partial charge in [0.25, 0.3) is 0 Å². The molecular weight excluding hydrogens is 351 g/mol. The van der Waals surface area contributed by atoms with Crippen molar-refractivity contribution < 1.29 is 32.9 Å². The maximum Gasteiger partial charge on any atom is 0.353 e. The van der Waals surface area contributed by atoms with Gasteiger partial charge in [-0.15, -0.1) is 0 Å². The summed E-state index contributed by atoms with van der Waals surface area (Å²) in [6.45, 7) is 5.16. The molecule has 0 amide bonds. The molecule has 0 saturated carbocycles. The molecule has 0 spiro atoms. The summed E-state index contributed by atoms with van der Waals surface area (Å²) in [5.41, 5.74) is -3.06. The maximum absolute atomic E-state index is 15.4. The van der Waals surface area contributed by atoms with E-state index in [1.54, 1.807) is 6.92 Å². The van der Waals surface area contributed by atoms with Crippen LogP contribution in [0.2, 0.25) is 0 Å². The van der Waals surface area contributed by atoms with E-state index in [4.69, 9.17) is 18.9 Å². The van der Waals surface area contributed by atoms with Gasteiger partial charge in [0.05, 0.1) is 6.61 Å². The fraction of sp³-hybridized carbons (Fsp3) is 0.625. The van der Waals surface area contributed by atoms with E-state index in [1.165, 1.54) is 19.2 Å². The van der Waals surface area contributed by atoms with Gasteiger partial charge < -0.3 is 18.9 Å². The van der Waals surface area contributed by atoms with Gasteiger partial charge in [-0.05, 0) is 13.8 Å². The van der Waals surface area contributed by atoms with Crippen LogP contribution in [-0.4, -0.2) is 52.6 Å². The summed E-state index contributed by atoms with van der Waals surface area (Å²) >= 11 is 0. The molecule has 0 radical (unpaired) electrons. The van der Waals surface area contributed by atoms with Crippen LogP contribution in [0.3, 0.4) is 0 Å². The molecule has 1 aromatic heterocycles. The number of aromatic nitrogens is 2. The topological polar surface area (TPSA) is 106 Å². The third kappa shape index (κ3) is 4.18. The van der Waals surface area contributed by atoms with Crippen molar-refractivity contribution in [3.8, 4) is 5.88 Å². The summed E-state index contributed by atoms with van der Waals surface area (Å²) in [6, 6.07) is 1.39. The molecule has 144 valence electrons. The molecule has 9 nitrogen and oxygen atoms in total. The predicted molar refractivity (Wildman–Crippen MR) is 85.3 cm³/mol. The maximum atomic E-state index is 15.4. The van der Waals surface area contributed by atoms with Crippen LogP contribution in [0.25, 0.3) is 0 Å². The summed E-state index contributed by atoms with van der Waals surface area (Å²) in [7, 11) is 0. The van der Waals surface area contributed by atoms with E-state index in [1.807, 2.05) is 0 Å². The first kappa shape index (κ1) is 19.8. The highest BCUT2D eigenvalue weighted by Gasteiger charge is 2.58. The molecule has 2 unspecified atom stereocenters. The average molecular weight is 372 g/mol. The van der Waals surface area contributed by atoms with E-state index in [0.717, 1.165) is 18.4 Å². The summed E-state index contributed by atoms with van der Waals surface area (Å²) in [5, 5.41) is 0. The Kier molecular flexibility index (Phi) is 5.96. The molecule has 1 fully saturated rings. The van der Waals surface area contributed by atoms with Crippen LogP contribution in [-0.2, 0) is 23.8 Å². The standard InChI is InChI=1S/C16H21FN2O7/c1-5-23-12-6-7-19(15(22)18-12)14-16(4,17)13(25-10(3)21)11(26-14)8-24-9(2)20/h6-7,11,13-14H,5,8H2,1-4H3/t11-,13?,14-,16?/m1/s1. The molecule has 10 heteroatoms. The van der Waals surface area contributed by atoms with Crippen molar-refractivity contribution in [3.05, 3.63) is 22.7 Å². The van der Waals surface area contributed by atoms with E-state index in [-0.39, 0.29) is 12.5 Å². The molecule has 4 atom stereocenters. The van der Waals surface area contributed by atoms with E-state index >= 15 is 4.39 Å². The van der Waals surface area contributed by atoms with Gasteiger partial charge in [-0.25, -0.2) is 9.18 Å². The molecule has 1 aliphatic rings. The van der Waals surface area contributed by atoms with Crippen molar-refractivity contribution >= 4 is 11.9 Å². The first-order valence-electron chi connectivity index (χ1n) is 8.03. The van der Waals surface area contributed by atoms with Crippen LogP contribution in [0.15, 0.2) is 17.1 Å². The predicted octanol–water partition coefficient (Wildman–Crippen LogP) is 0.762. The first-order valence-corrected chi connectivity index (χ1v) is 8.03. The SMILES string of the molecule is CCOc1ccn([C@@H]2O[C@H](COC(C)=O)C(OC(C)=O)C2(C)F)c(=O)n1. The van der Waals surface area contributed by atoms with E-state index in [0.29, 0.717) is 6.61 Å². The number of alkyl halides is 1. The number of hydrogen-bond acceptors (Lipinski definition) is 8. The quantitative estimate of drug-likeness (QED) is 0.674. The number of esters is 2. The van der Waals surface area contributed by atoms with Gasteiger partial charge in [0.1, 0.15) is 12.7 Å². The Balaban J connectivity index is 2.34. The molecule has 0 aliphatic carbocycles. The normalized spacial score (nSPS) is 27.8. The Morgan fingerprint density at radius 1 is 1.38 bits per heavy atom. The third-order valence-corrected chi connectivity index (χ3v) is 3.77. The van der Waals surface area contributed by atoms with Crippen LogP contribution in [0.4, 0.5) is 4.39 Å². The number of rotatable bonds is 6. The number of carbonyl (C=O) groups excluding carboxylic acids is 2. The van der Waals surface area contributed by atoms with Crippen LogP contribution >= 0.6 is 0 Å². The van der Waals surface area contributed by atoms with E-state index in [2.05, 4.69) is 4.98 Å². The number of ether oxygens (including phenoxy) is 4. The van der Waals surface area contributed by atoms with Crippen molar-refractivity contribution in [2.45, 2.75) is 51.8 Å². The lowest BCUT2D eigenvalue weighted by molar-refractivity contribution is -0.158. The fourth-order valence-corrected chi connectivity index (χ4v) is 2.71. The van der Waals surface area contributed by atoms with Gasteiger partial charge in [-0.3, -0.25) is 14.2 Å². The van der Waals surface area contributed by atoms with E-state index < -0.39 is 41.7 Å². The Morgan fingerprint density at radius 2 is 2.08 bits per heavy atom. The lowest BCUT2D eigenvalue weighted by Crippen LogP contribution is -2.45. The Hall–Kier alpha value is -2.49. The second kappa shape index (κ2) is 7.81. The lowest BCUT2D eigenvalue weighted by Gasteiger charge is -2.27. The first-order chi connectivity index (χ1) is 12.2. The van der Waals surface area contributed by atoms with Crippen LogP contribution in [0.1, 0.15) is 33.9 Å². The molecule has 1 saturated heterocycles. The molecule has 0 aromatic carbocycles. The number of halogens is 1. The molecule has 1 aromatic rings. The van der Waals surface area contributed by atoms with E-state index in [9.17, 15) is 14.4 Å². The Bertz CT molecular complexity index is 734. The third-order valence-electron chi connectivity index (χ3n) is 3.77. The van der Waals surface area contributed by atoms with Gasteiger partial charge in [-0.2, -0.15) is 4.98 Å². The summed E-state index contributed by atoms with van der Waals surface area (Å²) in [5.74, 6) is -1.23. The molecule has 2 rings (SSSR count). The Morgan fingerprint density at radius 3 is 2.62 bits per heavy atom. The molecule has 2 heterocycles. The molecule has 0 bridgehead atoms. The minimum Gasteiger partial charge on any atom is -0.478 e. The highest BCUT2D eigenvalue weighted by Crippen LogP contribution is 2.42. The smallest absolute Gasteiger partial charge is 0.353 e. The van der Waals surface area contributed by atoms with Gasteiger partial charge in [0.15, 0.2) is 18.0 Å². The molecular formula is C16H21FN2O7. The lowest BCUT2D eigenvalue weighted by atomic mass is 9.98. The van der Waals surface area contributed by atoms with Crippen LogP contribution in [0.5, 0.6) is 5.88 Å². The molecule has 0 N–H and O–H groups in total.